The van der Waals surface area contributed by atoms with Crippen molar-refractivity contribution < 1.29 is 13.2 Å². The summed E-state index contributed by atoms with van der Waals surface area (Å²) in [5.41, 5.74) is 0.558. The van der Waals surface area contributed by atoms with Gasteiger partial charge in [0.2, 0.25) is 15.9 Å². The molecule has 1 aliphatic heterocycles. The van der Waals surface area contributed by atoms with Crippen LogP contribution in [0.1, 0.15) is 13.8 Å². The van der Waals surface area contributed by atoms with E-state index < -0.39 is 10.0 Å². The Kier molecular flexibility index (Phi) is 3.65. The first kappa shape index (κ1) is 13.4. The second-order valence-electron chi connectivity index (χ2n) is 4.27. The molecule has 18 heavy (non-hydrogen) atoms. The van der Waals surface area contributed by atoms with Crippen LogP contribution in [0.15, 0.2) is 28.0 Å². The minimum Gasteiger partial charge on any atom is -0.324 e. The van der Waals surface area contributed by atoms with Crippen molar-refractivity contribution in [2.24, 2.45) is 0 Å². The van der Waals surface area contributed by atoms with Gasteiger partial charge in [0, 0.05) is 10.9 Å². The van der Waals surface area contributed by atoms with E-state index >= 15 is 0 Å². The number of fused-ring (bicyclic) bond motifs is 1. The highest BCUT2D eigenvalue weighted by Crippen LogP contribution is 2.32. The summed E-state index contributed by atoms with van der Waals surface area (Å²) in [6.45, 7) is 3.52. The van der Waals surface area contributed by atoms with Gasteiger partial charge < -0.3 is 5.32 Å². The third kappa shape index (κ3) is 2.85. The average Bonchev–Trinajstić information content (AvgIpc) is 2.26. The van der Waals surface area contributed by atoms with Gasteiger partial charge in [-0.15, -0.1) is 11.8 Å². The molecule has 1 amide bonds. The first-order valence-corrected chi connectivity index (χ1v) is 7.94. The molecule has 2 N–H and O–H groups in total. The Morgan fingerprint density at radius 3 is 2.78 bits per heavy atom. The van der Waals surface area contributed by atoms with Gasteiger partial charge in [-0.05, 0) is 32.0 Å². The van der Waals surface area contributed by atoms with E-state index in [2.05, 4.69) is 10.0 Å². The largest absolute Gasteiger partial charge is 0.324 e. The van der Waals surface area contributed by atoms with E-state index in [4.69, 9.17) is 0 Å². The summed E-state index contributed by atoms with van der Waals surface area (Å²) in [4.78, 5) is 12.3. The smallest absolute Gasteiger partial charge is 0.240 e. The summed E-state index contributed by atoms with van der Waals surface area (Å²) in [5, 5.41) is 2.67. The molecule has 0 aliphatic carbocycles. The van der Waals surface area contributed by atoms with Crippen LogP contribution in [0, 0.1) is 0 Å². The summed E-state index contributed by atoms with van der Waals surface area (Å²) in [7, 11) is -3.52. The van der Waals surface area contributed by atoms with Gasteiger partial charge in [-0.2, -0.15) is 0 Å². The van der Waals surface area contributed by atoms with Crippen molar-refractivity contribution in [1.82, 2.24) is 4.72 Å². The molecule has 0 spiro atoms. The fourth-order valence-electron chi connectivity index (χ4n) is 1.61. The maximum absolute atomic E-state index is 12.0. The maximum atomic E-state index is 12.0. The molecule has 0 bridgehead atoms. The van der Waals surface area contributed by atoms with Crippen LogP contribution in [0.25, 0.3) is 0 Å². The SMILES string of the molecule is CC(C)NS(=O)(=O)c1ccc2c(c1)NC(=O)CS2. The molecule has 5 nitrogen and oxygen atoms in total. The zero-order chi connectivity index (χ0) is 13.3. The van der Waals surface area contributed by atoms with E-state index in [9.17, 15) is 13.2 Å². The van der Waals surface area contributed by atoms with E-state index in [0.29, 0.717) is 11.4 Å². The van der Waals surface area contributed by atoms with Gasteiger partial charge in [-0.25, -0.2) is 13.1 Å². The van der Waals surface area contributed by atoms with Crippen molar-refractivity contribution in [3.8, 4) is 0 Å². The van der Waals surface area contributed by atoms with E-state index in [1.165, 1.54) is 17.8 Å². The number of hydrogen-bond donors (Lipinski definition) is 2. The molecule has 0 aromatic heterocycles. The molecule has 1 aliphatic rings. The molecule has 0 fully saturated rings. The second kappa shape index (κ2) is 4.91. The van der Waals surface area contributed by atoms with E-state index in [1.54, 1.807) is 26.0 Å². The monoisotopic (exact) mass is 286 g/mol. The lowest BCUT2D eigenvalue weighted by Crippen LogP contribution is -2.30. The van der Waals surface area contributed by atoms with Crippen molar-refractivity contribution >= 4 is 33.4 Å². The number of anilines is 1. The van der Waals surface area contributed by atoms with Crippen molar-refractivity contribution in [2.45, 2.75) is 29.7 Å². The van der Waals surface area contributed by atoms with Gasteiger partial charge >= 0.3 is 0 Å². The summed E-state index contributed by atoms with van der Waals surface area (Å²) in [5.74, 6) is 0.252. The van der Waals surface area contributed by atoms with Gasteiger partial charge in [0.05, 0.1) is 16.3 Å². The third-order valence-electron chi connectivity index (χ3n) is 2.29. The van der Waals surface area contributed by atoms with Crippen molar-refractivity contribution in [2.75, 3.05) is 11.1 Å². The number of benzene rings is 1. The van der Waals surface area contributed by atoms with Gasteiger partial charge in [-0.3, -0.25) is 4.79 Å². The predicted octanol–water partition coefficient (Wildman–Crippen LogP) is 1.42. The van der Waals surface area contributed by atoms with Crippen LogP contribution in [0.5, 0.6) is 0 Å². The summed E-state index contributed by atoms with van der Waals surface area (Å²) < 4.78 is 26.5. The normalized spacial score (nSPS) is 15.4. The van der Waals surface area contributed by atoms with Crippen molar-refractivity contribution in [3.63, 3.8) is 0 Å². The molecule has 0 saturated heterocycles. The van der Waals surface area contributed by atoms with Gasteiger partial charge in [0.1, 0.15) is 0 Å². The molecular formula is C11H14N2O3S2. The molecule has 0 saturated carbocycles. The van der Waals surface area contributed by atoms with Gasteiger partial charge in [0.25, 0.3) is 0 Å². The molecule has 1 aromatic carbocycles. The zero-order valence-electron chi connectivity index (χ0n) is 10.1. The molecule has 1 heterocycles. The average molecular weight is 286 g/mol. The Hall–Kier alpha value is -1.05. The molecule has 7 heteroatoms. The number of nitrogens with one attached hydrogen (secondary N) is 2. The second-order valence-corrected chi connectivity index (χ2v) is 7.00. The van der Waals surface area contributed by atoms with Crippen molar-refractivity contribution in [3.05, 3.63) is 18.2 Å². The zero-order valence-corrected chi connectivity index (χ0v) is 11.7. The Morgan fingerprint density at radius 2 is 2.11 bits per heavy atom. The van der Waals surface area contributed by atoms with Crippen LogP contribution >= 0.6 is 11.8 Å². The number of hydrogen-bond acceptors (Lipinski definition) is 4. The Balaban J connectivity index is 2.37. The summed E-state index contributed by atoms with van der Waals surface area (Å²) in [6, 6.07) is 4.59. The van der Waals surface area contributed by atoms with Crippen molar-refractivity contribution in [1.29, 1.82) is 0 Å². The first-order chi connectivity index (χ1) is 8.38. The summed E-state index contributed by atoms with van der Waals surface area (Å²) >= 11 is 1.40. The fraction of sp³-hybridized carbons (Fsp3) is 0.364. The van der Waals surface area contributed by atoms with Gasteiger partial charge in [-0.1, -0.05) is 0 Å². The number of sulfonamides is 1. The molecule has 0 atom stereocenters. The first-order valence-electron chi connectivity index (χ1n) is 5.47. The van der Waals surface area contributed by atoms with Crippen LogP contribution < -0.4 is 10.0 Å². The van der Waals surface area contributed by atoms with Crippen LogP contribution in [0.3, 0.4) is 0 Å². The quantitative estimate of drug-likeness (QED) is 0.881. The minimum atomic E-state index is -3.52. The Labute approximate surface area is 110 Å². The lowest BCUT2D eigenvalue weighted by Gasteiger charge is -2.17. The van der Waals surface area contributed by atoms with E-state index in [0.717, 1.165) is 4.90 Å². The Morgan fingerprint density at radius 1 is 1.39 bits per heavy atom. The van der Waals surface area contributed by atoms with Crippen LogP contribution in [0.4, 0.5) is 5.69 Å². The Bertz CT molecular complexity index is 582. The minimum absolute atomic E-state index is 0.112. The number of amides is 1. The standard InChI is InChI=1S/C11H14N2O3S2/c1-7(2)13-18(15,16)8-3-4-10-9(5-8)12-11(14)6-17-10/h3-5,7,13H,6H2,1-2H3,(H,12,14). The number of carbonyl (C=O) groups is 1. The molecule has 0 radical (unpaired) electrons. The molecule has 98 valence electrons. The van der Waals surface area contributed by atoms with Crippen LogP contribution in [-0.2, 0) is 14.8 Å². The highest BCUT2D eigenvalue weighted by molar-refractivity contribution is 8.00. The number of thioether (sulfide) groups is 1. The molecule has 0 unspecified atom stereocenters. The highest BCUT2D eigenvalue weighted by Gasteiger charge is 2.20. The molecular weight excluding hydrogens is 272 g/mol. The number of rotatable bonds is 3. The molecule has 1 aromatic rings. The third-order valence-corrected chi connectivity index (χ3v) is 5.01. The number of carbonyl (C=O) groups excluding carboxylic acids is 1. The highest BCUT2D eigenvalue weighted by atomic mass is 32.2. The maximum Gasteiger partial charge on any atom is 0.240 e. The topological polar surface area (TPSA) is 75.3 Å². The lowest BCUT2D eigenvalue weighted by atomic mass is 10.3. The van der Waals surface area contributed by atoms with Crippen LogP contribution in [0.2, 0.25) is 0 Å². The predicted molar refractivity (Wildman–Crippen MR) is 71.3 cm³/mol. The lowest BCUT2D eigenvalue weighted by molar-refractivity contribution is -0.113. The van der Waals surface area contributed by atoms with Gasteiger partial charge in [0.15, 0.2) is 0 Å². The van der Waals surface area contributed by atoms with E-state index in [1.807, 2.05) is 0 Å². The molecule has 2 rings (SSSR count). The fourth-order valence-corrected chi connectivity index (χ4v) is 3.67. The summed E-state index contributed by atoms with van der Waals surface area (Å²) in [6.07, 6.45) is 0. The van der Waals surface area contributed by atoms with Crippen LogP contribution in [-0.4, -0.2) is 26.1 Å². The van der Waals surface area contributed by atoms with E-state index in [-0.39, 0.29) is 16.8 Å².